The third-order valence-corrected chi connectivity index (χ3v) is 8.21. The molecule has 0 aliphatic carbocycles. The van der Waals surface area contributed by atoms with Gasteiger partial charge in [-0.2, -0.15) is 0 Å². The second-order valence-electron chi connectivity index (χ2n) is 10.1. The van der Waals surface area contributed by atoms with Crippen molar-refractivity contribution in [2.24, 2.45) is 0 Å². The van der Waals surface area contributed by atoms with Gasteiger partial charge < -0.3 is 9.79 Å². The Labute approximate surface area is 222 Å². The monoisotopic (exact) mass is 526 g/mol. The molecule has 1 unspecified atom stereocenters. The lowest BCUT2D eigenvalue weighted by Crippen LogP contribution is -2.04. The van der Waals surface area contributed by atoms with E-state index in [1.165, 1.54) is 39.8 Å². The molecule has 0 radical (unpaired) electrons. The SMILES string of the molecule is Cc1ccc(CC(CCCCc2ccc(CCCCCP(=O)(O)O)cc2)c2cccc(Cl)c2)cc1C. The molecule has 1 atom stereocenters. The third-order valence-electron chi connectivity index (χ3n) is 7.08. The van der Waals surface area contributed by atoms with E-state index in [0.717, 1.165) is 50.0 Å². The zero-order valence-corrected chi connectivity index (χ0v) is 23.3. The molecule has 3 aromatic carbocycles. The van der Waals surface area contributed by atoms with E-state index in [1.807, 2.05) is 6.07 Å². The lowest BCUT2D eigenvalue weighted by Gasteiger charge is -2.19. The molecule has 0 aromatic heterocycles. The highest BCUT2D eigenvalue weighted by Crippen LogP contribution is 2.35. The Kier molecular flexibility index (Phi) is 11.3. The Balaban J connectivity index is 1.47. The van der Waals surface area contributed by atoms with E-state index in [1.54, 1.807) is 0 Å². The van der Waals surface area contributed by atoms with Crippen LogP contribution >= 0.6 is 19.2 Å². The quantitative estimate of drug-likeness (QED) is 0.163. The first-order valence-electron chi connectivity index (χ1n) is 13.1. The Morgan fingerprint density at radius 3 is 2.00 bits per heavy atom. The van der Waals surface area contributed by atoms with E-state index in [-0.39, 0.29) is 6.16 Å². The highest BCUT2D eigenvalue weighted by atomic mass is 35.5. The normalized spacial score (nSPS) is 12.6. The first-order chi connectivity index (χ1) is 17.2. The van der Waals surface area contributed by atoms with E-state index < -0.39 is 7.60 Å². The van der Waals surface area contributed by atoms with Crippen LogP contribution in [0.2, 0.25) is 5.02 Å². The molecule has 0 amide bonds. The summed E-state index contributed by atoms with van der Waals surface area (Å²) in [5.74, 6) is 0.457. The number of aryl methyl sites for hydroxylation is 4. The number of rotatable bonds is 14. The second kappa shape index (κ2) is 14.1. The van der Waals surface area contributed by atoms with Gasteiger partial charge in [0.1, 0.15) is 0 Å². The molecule has 3 rings (SSSR count). The Bertz CT molecular complexity index is 1140. The van der Waals surface area contributed by atoms with Crippen LogP contribution in [0.15, 0.2) is 66.7 Å². The van der Waals surface area contributed by atoms with Crippen LogP contribution in [-0.2, 0) is 23.8 Å². The molecule has 0 heterocycles. The molecular formula is C31H40ClO3P. The zero-order valence-electron chi connectivity index (χ0n) is 21.6. The number of halogens is 1. The molecule has 2 N–H and O–H groups in total. The van der Waals surface area contributed by atoms with Gasteiger partial charge in [-0.05, 0) is 110 Å². The van der Waals surface area contributed by atoms with Crippen LogP contribution in [0.5, 0.6) is 0 Å². The molecular weight excluding hydrogens is 487 g/mol. The number of benzene rings is 3. The van der Waals surface area contributed by atoms with Crippen molar-refractivity contribution in [2.75, 3.05) is 6.16 Å². The fraction of sp³-hybridized carbons (Fsp3) is 0.419. The highest BCUT2D eigenvalue weighted by molar-refractivity contribution is 7.51. The fourth-order valence-corrected chi connectivity index (χ4v) is 5.61. The van der Waals surface area contributed by atoms with Crippen molar-refractivity contribution in [1.82, 2.24) is 0 Å². The van der Waals surface area contributed by atoms with Gasteiger partial charge in [-0.1, -0.05) is 79.0 Å². The first-order valence-corrected chi connectivity index (χ1v) is 15.3. The average molecular weight is 527 g/mol. The first kappa shape index (κ1) is 28.7. The summed E-state index contributed by atoms with van der Waals surface area (Å²) in [5.41, 5.74) is 8.07. The minimum absolute atomic E-state index is 0.00519. The largest absolute Gasteiger partial charge is 0.325 e. The van der Waals surface area contributed by atoms with Gasteiger partial charge in [0, 0.05) is 11.2 Å². The van der Waals surface area contributed by atoms with Crippen LogP contribution in [0.25, 0.3) is 0 Å². The average Bonchev–Trinajstić information content (AvgIpc) is 2.83. The summed E-state index contributed by atoms with van der Waals surface area (Å²) in [6, 6.07) is 24.0. The van der Waals surface area contributed by atoms with Crippen LogP contribution in [0.3, 0.4) is 0 Å². The van der Waals surface area contributed by atoms with Crippen LogP contribution in [0.4, 0.5) is 0 Å². The molecule has 5 heteroatoms. The van der Waals surface area contributed by atoms with Gasteiger partial charge in [-0.3, -0.25) is 4.57 Å². The summed E-state index contributed by atoms with van der Waals surface area (Å²) >= 11 is 6.33. The fourth-order valence-electron chi connectivity index (χ4n) is 4.78. The molecule has 0 aliphatic heterocycles. The van der Waals surface area contributed by atoms with Crippen LogP contribution in [0.1, 0.15) is 77.8 Å². The van der Waals surface area contributed by atoms with Crippen LogP contribution in [0, 0.1) is 13.8 Å². The summed E-state index contributed by atoms with van der Waals surface area (Å²) < 4.78 is 10.9. The molecule has 3 aromatic rings. The number of unbranched alkanes of at least 4 members (excludes halogenated alkanes) is 3. The van der Waals surface area contributed by atoms with Gasteiger partial charge >= 0.3 is 7.60 Å². The predicted molar refractivity (Wildman–Crippen MR) is 152 cm³/mol. The minimum atomic E-state index is -3.85. The zero-order chi connectivity index (χ0) is 26.0. The van der Waals surface area contributed by atoms with Crippen molar-refractivity contribution in [3.63, 3.8) is 0 Å². The minimum Gasteiger partial charge on any atom is -0.324 e. The van der Waals surface area contributed by atoms with Crippen molar-refractivity contribution >= 4 is 19.2 Å². The van der Waals surface area contributed by atoms with Gasteiger partial charge in [-0.25, -0.2) is 0 Å². The Morgan fingerprint density at radius 1 is 0.750 bits per heavy atom. The molecule has 36 heavy (non-hydrogen) atoms. The molecule has 0 saturated heterocycles. The molecule has 0 aliphatic rings. The van der Waals surface area contributed by atoms with Crippen molar-refractivity contribution in [1.29, 1.82) is 0 Å². The molecule has 3 nitrogen and oxygen atoms in total. The maximum atomic E-state index is 10.9. The Morgan fingerprint density at radius 2 is 1.39 bits per heavy atom. The summed E-state index contributed by atoms with van der Waals surface area (Å²) in [4.78, 5) is 17.9. The van der Waals surface area contributed by atoms with Gasteiger partial charge in [0.2, 0.25) is 0 Å². The van der Waals surface area contributed by atoms with Crippen molar-refractivity contribution in [3.05, 3.63) is 105 Å². The summed E-state index contributed by atoms with van der Waals surface area (Å²) in [6.07, 6.45) is 8.93. The molecule has 0 fully saturated rings. The summed E-state index contributed by atoms with van der Waals surface area (Å²) in [6.45, 7) is 4.35. The predicted octanol–water partition coefficient (Wildman–Crippen LogP) is 8.59. The Hall–Kier alpha value is -1.90. The summed E-state index contributed by atoms with van der Waals surface area (Å²) in [5, 5.41) is 0.805. The van der Waals surface area contributed by atoms with Crippen LogP contribution < -0.4 is 0 Å². The van der Waals surface area contributed by atoms with Gasteiger partial charge in [0.05, 0.1) is 0 Å². The second-order valence-corrected chi connectivity index (χ2v) is 12.3. The number of hydrogen-bond donors (Lipinski definition) is 2. The van der Waals surface area contributed by atoms with E-state index in [9.17, 15) is 4.57 Å². The van der Waals surface area contributed by atoms with E-state index in [2.05, 4.69) is 74.5 Å². The molecule has 194 valence electrons. The highest BCUT2D eigenvalue weighted by Gasteiger charge is 2.14. The lowest BCUT2D eigenvalue weighted by atomic mass is 9.86. The van der Waals surface area contributed by atoms with Gasteiger partial charge in [0.25, 0.3) is 0 Å². The molecule has 0 spiro atoms. The maximum Gasteiger partial charge on any atom is 0.325 e. The summed E-state index contributed by atoms with van der Waals surface area (Å²) in [7, 11) is -3.85. The molecule has 0 saturated carbocycles. The topological polar surface area (TPSA) is 57.5 Å². The van der Waals surface area contributed by atoms with Crippen LogP contribution in [-0.4, -0.2) is 15.9 Å². The molecule has 0 bridgehead atoms. The van der Waals surface area contributed by atoms with Gasteiger partial charge in [0.15, 0.2) is 0 Å². The smallest absolute Gasteiger partial charge is 0.324 e. The standard InChI is InChI=1S/C31H40ClO3P/c1-24-14-15-28(21-25(24)2)22-29(30-12-8-13-31(32)23-30)11-6-5-10-27-18-16-26(17-19-27)9-4-3-7-20-36(33,34)35/h8,12-19,21,23,29H,3-7,9-11,20,22H2,1-2H3,(H2,33,34,35). The van der Waals surface area contributed by atoms with Crippen molar-refractivity contribution < 1.29 is 14.4 Å². The van der Waals surface area contributed by atoms with Crippen molar-refractivity contribution in [3.8, 4) is 0 Å². The van der Waals surface area contributed by atoms with E-state index >= 15 is 0 Å². The third kappa shape index (κ3) is 10.2. The number of hydrogen-bond acceptors (Lipinski definition) is 1. The maximum absolute atomic E-state index is 10.9. The lowest BCUT2D eigenvalue weighted by molar-refractivity contribution is 0.371. The van der Waals surface area contributed by atoms with E-state index in [4.69, 9.17) is 21.4 Å². The van der Waals surface area contributed by atoms with Crippen molar-refractivity contribution in [2.45, 2.75) is 77.6 Å². The van der Waals surface area contributed by atoms with Gasteiger partial charge in [-0.15, -0.1) is 0 Å². The van der Waals surface area contributed by atoms with E-state index in [0.29, 0.717) is 12.3 Å².